The molecule has 1 aliphatic rings. The van der Waals surface area contributed by atoms with Crippen LogP contribution in [-0.4, -0.2) is 48.3 Å². The Hall–Kier alpha value is -2.61. The van der Waals surface area contributed by atoms with E-state index in [0.29, 0.717) is 41.1 Å². The van der Waals surface area contributed by atoms with Crippen molar-refractivity contribution >= 4 is 52.1 Å². The van der Waals surface area contributed by atoms with Crippen LogP contribution in [0.2, 0.25) is 10.0 Å². The van der Waals surface area contributed by atoms with Gasteiger partial charge in [0.05, 0.1) is 33.7 Å². The molecule has 0 radical (unpaired) electrons. The van der Waals surface area contributed by atoms with Gasteiger partial charge in [-0.1, -0.05) is 41.4 Å². The Morgan fingerprint density at radius 1 is 1.16 bits per heavy atom. The van der Waals surface area contributed by atoms with Gasteiger partial charge in [-0.3, -0.25) is 14.5 Å². The van der Waals surface area contributed by atoms with Gasteiger partial charge < -0.3 is 14.0 Å². The third kappa shape index (κ3) is 3.96. The van der Waals surface area contributed by atoms with E-state index in [0.717, 1.165) is 11.0 Å². The molecule has 9 heteroatoms. The highest BCUT2D eigenvalue weighted by molar-refractivity contribution is 6.42. The summed E-state index contributed by atoms with van der Waals surface area (Å²) < 4.78 is 12.4. The van der Waals surface area contributed by atoms with Crippen LogP contribution in [0.3, 0.4) is 0 Å². The Bertz CT molecular complexity index is 1160. The zero-order valence-electron chi connectivity index (χ0n) is 17.8. The number of imidazole rings is 1. The largest absolute Gasteiger partial charge is 0.465 e. The number of hydrogen-bond acceptors (Lipinski definition) is 5. The number of rotatable bonds is 7. The van der Waals surface area contributed by atoms with Crippen molar-refractivity contribution in [3.05, 3.63) is 58.1 Å². The summed E-state index contributed by atoms with van der Waals surface area (Å²) >= 11 is 12.4. The number of methoxy groups -OCH3 is 1. The number of anilines is 1. The number of hydrogen-bond donors (Lipinski definition) is 0. The van der Waals surface area contributed by atoms with Gasteiger partial charge in [-0.2, -0.15) is 0 Å². The van der Waals surface area contributed by atoms with Crippen LogP contribution in [-0.2, 0) is 19.1 Å². The fraction of sp³-hybridized carbons (Fsp3) is 0.348. The van der Waals surface area contributed by atoms with Gasteiger partial charge in [0.15, 0.2) is 5.92 Å². The van der Waals surface area contributed by atoms with E-state index in [1.807, 2.05) is 28.8 Å². The number of benzene rings is 2. The smallest absolute Gasteiger partial charge is 0.321 e. The highest BCUT2D eigenvalue weighted by atomic mass is 35.5. The normalized spacial score (nSPS) is 18.1. The van der Waals surface area contributed by atoms with Crippen molar-refractivity contribution in [3.63, 3.8) is 0 Å². The van der Waals surface area contributed by atoms with Crippen LogP contribution in [0.5, 0.6) is 0 Å². The Labute approximate surface area is 195 Å². The number of aromatic nitrogens is 2. The Morgan fingerprint density at radius 2 is 1.94 bits per heavy atom. The van der Waals surface area contributed by atoms with Crippen molar-refractivity contribution in [2.75, 3.05) is 31.8 Å². The number of para-hydroxylation sites is 2. The number of halogens is 2. The molecule has 0 aliphatic carbocycles. The molecule has 1 amide bonds. The molecule has 4 rings (SSSR count). The van der Waals surface area contributed by atoms with E-state index in [9.17, 15) is 9.59 Å². The van der Waals surface area contributed by atoms with E-state index >= 15 is 0 Å². The average Bonchev–Trinajstić information content (AvgIpc) is 3.16. The number of esters is 1. The molecule has 3 aromatic rings. The summed E-state index contributed by atoms with van der Waals surface area (Å²) in [6, 6.07) is 12.0. The minimum atomic E-state index is -1.10. The molecular weight excluding hydrogens is 453 g/mol. The number of fused-ring (bicyclic) bond motifs is 3. The zero-order chi connectivity index (χ0) is 22.8. The lowest BCUT2D eigenvalue weighted by atomic mass is 9.89. The molecule has 0 bridgehead atoms. The summed E-state index contributed by atoms with van der Waals surface area (Å²) in [6.45, 7) is 2.72. The molecule has 1 aromatic heterocycles. The maximum absolute atomic E-state index is 13.7. The fourth-order valence-corrected chi connectivity index (χ4v) is 4.43. The fourth-order valence-electron chi connectivity index (χ4n) is 4.12. The predicted octanol–water partition coefficient (Wildman–Crippen LogP) is 4.49. The molecule has 0 unspecified atom stereocenters. The SMILES string of the molecule is CCOC(=O)[C@H]1C(=O)N(CCCOC)c2nc3ccccc3n2[C@@H]1c1ccc(Cl)c(Cl)c1. The van der Waals surface area contributed by atoms with Gasteiger partial charge in [-0.15, -0.1) is 0 Å². The number of nitrogens with zero attached hydrogens (tertiary/aromatic N) is 3. The predicted molar refractivity (Wildman–Crippen MR) is 123 cm³/mol. The highest BCUT2D eigenvalue weighted by Gasteiger charge is 2.47. The van der Waals surface area contributed by atoms with Gasteiger partial charge in [-0.25, -0.2) is 4.98 Å². The zero-order valence-corrected chi connectivity index (χ0v) is 19.3. The third-order valence-electron chi connectivity index (χ3n) is 5.50. The minimum absolute atomic E-state index is 0.165. The summed E-state index contributed by atoms with van der Waals surface area (Å²) in [5.41, 5.74) is 2.20. The summed E-state index contributed by atoms with van der Waals surface area (Å²) in [7, 11) is 1.61. The van der Waals surface area contributed by atoms with Gasteiger partial charge >= 0.3 is 5.97 Å². The Morgan fingerprint density at radius 3 is 2.66 bits per heavy atom. The summed E-state index contributed by atoms with van der Waals surface area (Å²) in [6.07, 6.45) is 0.596. The van der Waals surface area contributed by atoms with Gasteiger partial charge in [-0.05, 0) is 43.2 Å². The van der Waals surface area contributed by atoms with Crippen molar-refractivity contribution in [2.45, 2.75) is 19.4 Å². The second-order valence-corrected chi connectivity index (χ2v) is 8.27. The van der Waals surface area contributed by atoms with Gasteiger partial charge in [0.25, 0.3) is 0 Å². The molecule has 2 atom stereocenters. The lowest BCUT2D eigenvalue weighted by molar-refractivity contribution is -0.153. The summed E-state index contributed by atoms with van der Waals surface area (Å²) in [5, 5.41) is 0.731. The highest BCUT2D eigenvalue weighted by Crippen LogP contribution is 2.42. The summed E-state index contributed by atoms with van der Waals surface area (Å²) in [5.74, 6) is -1.57. The first-order valence-corrected chi connectivity index (χ1v) is 11.1. The number of carbonyl (C=O) groups is 2. The van der Waals surface area contributed by atoms with Gasteiger partial charge in [0, 0.05) is 20.3 Å². The number of amides is 1. The molecule has 0 saturated carbocycles. The van der Waals surface area contributed by atoms with Crippen molar-refractivity contribution in [1.82, 2.24) is 9.55 Å². The first-order valence-electron chi connectivity index (χ1n) is 10.4. The van der Waals surface area contributed by atoms with Crippen LogP contribution >= 0.6 is 23.2 Å². The molecule has 2 aromatic carbocycles. The van der Waals surface area contributed by atoms with Gasteiger partial charge in [0.1, 0.15) is 0 Å². The van der Waals surface area contributed by atoms with E-state index in [1.165, 1.54) is 0 Å². The molecule has 0 N–H and O–H groups in total. The molecule has 32 heavy (non-hydrogen) atoms. The molecule has 168 valence electrons. The van der Waals surface area contributed by atoms with Crippen molar-refractivity contribution in [2.24, 2.45) is 5.92 Å². The lowest BCUT2D eigenvalue weighted by Crippen LogP contribution is -2.50. The van der Waals surface area contributed by atoms with Crippen molar-refractivity contribution in [3.8, 4) is 0 Å². The van der Waals surface area contributed by atoms with Crippen molar-refractivity contribution < 1.29 is 19.1 Å². The van der Waals surface area contributed by atoms with Gasteiger partial charge in [0.2, 0.25) is 11.9 Å². The van der Waals surface area contributed by atoms with Crippen LogP contribution in [0.1, 0.15) is 24.9 Å². The van der Waals surface area contributed by atoms with Crippen LogP contribution < -0.4 is 4.90 Å². The second-order valence-electron chi connectivity index (χ2n) is 7.45. The maximum atomic E-state index is 13.7. The first-order chi connectivity index (χ1) is 15.5. The van der Waals surface area contributed by atoms with E-state index in [-0.39, 0.29) is 12.5 Å². The van der Waals surface area contributed by atoms with Crippen molar-refractivity contribution in [1.29, 1.82) is 0 Å². The number of carbonyl (C=O) groups excluding carboxylic acids is 2. The standard InChI is InChI=1S/C23H23Cl2N3O4/c1-3-32-22(30)19-20(14-9-10-15(24)16(25)13-14)28-18-8-5-4-7-17(18)26-23(28)27(21(19)29)11-6-12-31-2/h4-5,7-10,13,19-20H,3,6,11-12H2,1-2H3/t19-,20-/m1/s1. The molecule has 7 nitrogen and oxygen atoms in total. The van der Waals surface area contributed by atoms with E-state index in [1.54, 1.807) is 37.1 Å². The monoisotopic (exact) mass is 475 g/mol. The topological polar surface area (TPSA) is 73.7 Å². The van der Waals surface area contributed by atoms with E-state index < -0.39 is 17.9 Å². The maximum Gasteiger partial charge on any atom is 0.321 e. The van der Waals surface area contributed by atoms with E-state index in [2.05, 4.69) is 0 Å². The Balaban J connectivity index is 1.95. The van der Waals surface area contributed by atoms with Crippen LogP contribution in [0.25, 0.3) is 11.0 Å². The molecular formula is C23H23Cl2N3O4. The quantitative estimate of drug-likeness (QED) is 0.285. The Kier molecular flexibility index (Phi) is 6.69. The van der Waals surface area contributed by atoms with Crippen LogP contribution in [0.15, 0.2) is 42.5 Å². The lowest BCUT2D eigenvalue weighted by Gasteiger charge is -2.38. The molecule has 0 fully saturated rings. The third-order valence-corrected chi connectivity index (χ3v) is 6.24. The minimum Gasteiger partial charge on any atom is -0.465 e. The summed E-state index contributed by atoms with van der Waals surface area (Å²) in [4.78, 5) is 33.1. The molecule has 2 heterocycles. The molecule has 0 saturated heterocycles. The average molecular weight is 476 g/mol. The van der Waals surface area contributed by atoms with Crippen LogP contribution in [0, 0.1) is 5.92 Å². The van der Waals surface area contributed by atoms with E-state index in [4.69, 9.17) is 37.7 Å². The first kappa shape index (κ1) is 22.6. The van der Waals surface area contributed by atoms with Crippen LogP contribution in [0.4, 0.5) is 5.95 Å². The molecule has 0 spiro atoms. The molecule has 1 aliphatic heterocycles. The second kappa shape index (κ2) is 9.48. The number of ether oxygens (including phenoxy) is 2.